The van der Waals surface area contributed by atoms with Crippen molar-refractivity contribution >= 4 is 16.8 Å². The Balaban J connectivity index is 1.74. The average molecular weight is 245 g/mol. The molecular weight excluding hydrogens is 226 g/mol. The maximum Gasteiger partial charge on any atom is 0.139 e. The van der Waals surface area contributed by atoms with Crippen molar-refractivity contribution in [2.75, 3.05) is 11.9 Å². The molecule has 0 spiro atoms. The Hall–Kier alpha value is -1.55. The van der Waals surface area contributed by atoms with Gasteiger partial charge in [-0.05, 0) is 25.0 Å². The van der Waals surface area contributed by atoms with Gasteiger partial charge in [0.15, 0.2) is 0 Å². The van der Waals surface area contributed by atoms with Gasteiger partial charge >= 0.3 is 0 Å². The normalized spacial score (nSPS) is 18.9. The lowest BCUT2D eigenvalue weighted by Crippen LogP contribution is -2.47. The largest absolute Gasteiger partial charge is 0.464 e. The minimum atomic E-state index is -0.0775. The molecule has 1 aliphatic carbocycles. The number of nitrogens with two attached hydrogens (primary N) is 1. The highest BCUT2D eigenvalue weighted by atomic mass is 16.3. The monoisotopic (exact) mass is 245 g/mol. The molecule has 1 fully saturated rings. The summed E-state index contributed by atoms with van der Waals surface area (Å²) in [7, 11) is 0. The maximum absolute atomic E-state index is 6.41. The van der Waals surface area contributed by atoms with E-state index in [0.29, 0.717) is 0 Å². The fourth-order valence-electron chi connectivity index (χ4n) is 2.73. The quantitative estimate of drug-likeness (QED) is 0.872. The molecule has 3 rings (SSSR count). The predicted molar refractivity (Wildman–Crippen MR) is 72.5 cm³/mol. The fraction of sp³-hybridized carbons (Fsp3) is 0.500. The van der Waals surface area contributed by atoms with Crippen molar-refractivity contribution in [3.8, 4) is 0 Å². The highest BCUT2D eigenvalue weighted by Crippen LogP contribution is 2.27. The first kappa shape index (κ1) is 11.5. The zero-order chi connectivity index (χ0) is 12.4. The van der Waals surface area contributed by atoms with Crippen molar-refractivity contribution in [3.05, 3.63) is 24.6 Å². The van der Waals surface area contributed by atoms with E-state index in [0.717, 1.165) is 36.2 Å². The molecule has 2 heterocycles. The van der Waals surface area contributed by atoms with Crippen LogP contribution in [0.3, 0.4) is 0 Å². The van der Waals surface area contributed by atoms with Crippen LogP contribution in [0.25, 0.3) is 11.0 Å². The number of nitrogens with one attached hydrogen (secondary N) is 1. The number of pyridine rings is 1. The second-order valence-electron chi connectivity index (χ2n) is 5.27. The number of hydrogen-bond acceptors (Lipinski definition) is 4. The molecular formula is C14H19N3O. The van der Waals surface area contributed by atoms with Gasteiger partial charge in [0.05, 0.1) is 11.6 Å². The Morgan fingerprint density at radius 2 is 2.11 bits per heavy atom. The smallest absolute Gasteiger partial charge is 0.139 e. The predicted octanol–water partition coefficient (Wildman–Crippen LogP) is 2.90. The van der Waals surface area contributed by atoms with Gasteiger partial charge in [-0.15, -0.1) is 0 Å². The third-order valence-corrected chi connectivity index (χ3v) is 3.84. The summed E-state index contributed by atoms with van der Waals surface area (Å²) in [5.41, 5.74) is 7.20. The van der Waals surface area contributed by atoms with Gasteiger partial charge in [0, 0.05) is 18.3 Å². The Morgan fingerprint density at radius 3 is 2.94 bits per heavy atom. The van der Waals surface area contributed by atoms with Crippen LogP contribution in [0.5, 0.6) is 0 Å². The highest BCUT2D eigenvalue weighted by molar-refractivity contribution is 5.87. The first-order valence-electron chi connectivity index (χ1n) is 6.62. The first-order chi connectivity index (χ1) is 8.77. The number of anilines is 1. The van der Waals surface area contributed by atoms with Gasteiger partial charge < -0.3 is 15.5 Å². The lowest BCUT2D eigenvalue weighted by molar-refractivity contribution is 0.311. The average Bonchev–Trinajstić information content (AvgIpc) is 2.86. The van der Waals surface area contributed by atoms with Crippen LogP contribution in [0.1, 0.15) is 32.1 Å². The molecule has 0 radical (unpaired) electrons. The molecule has 0 atom stereocenters. The molecule has 2 aromatic heterocycles. The fourth-order valence-corrected chi connectivity index (χ4v) is 2.73. The van der Waals surface area contributed by atoms with E-state index >= 15 is 0 Å². The summed E-state index contributed by atoms with van der Waals surface area (Å²) < 4.78 is 5.36. The van der Waals surface area contributed by atoms with Gasteiger partial charge in [-0.2, -0.15) is 0 Å². The molecule has 96 valence electrons. The van der Waals surface area contributed by atoms with E-state index < -0.39 is 0 Å². The lowest BCUT2D eigenvalue weighted by atomic mass is 9.82. The van der Waals surface area contributed by atoms with Gasteiger partial charge in [0.1, 0.15) is 11.4 Å². The van der Waals surface area contributed by atoms with E-state index in [9.17, 15) is 0 Å². The molecule has 0 amide bonds. The summed E-state index contributed by atoms with van der Waals surface area (Å²) >= 11 is 0. The van der Waals surface area contributed by atoms with E-state index in [2.05, 4.69) is 10.3 Å². The molecule has 1 aliphatic rings. The van der Waals surface area contributed by atoms with Crippen molar-refractivity contribution < 1.29 is 4.42 Å². The van der Waals surface area contributed by atoms with Gasteiger partial charge in [-0.1, -0.05) is 19.3 Å². The number of hydrogen-bond donors (Lipinski definition) is 2. The summed E-state index contributed by atoms with van der Waals surface area (Å²) in [5.74, 6) is 0.872. The number of fused-ring (bicyclic) bond motifs is 1. The Kier molecular flexibility index (Phi) is 2.96. The SMILES string of the molecule is NC1(CNc2nccc3occc23)CCCCC1. The maximum atomic E-state index is 6.41. The molecule has 18 heavy (non-hydrogen) atoms. The van der Waals surface area contributed by atoms with Gasteiger partial charge in [-0.3, -0.25) is 0 Å². The van der Waals surface area contributed by atoms with Crippen molar-refractivity contribution in [1.29, 1.82) is 0 Å². The van der Waals surface area contributed by atoms with Crippen molar-refractivity contribution in [2.45, 2.75) is 37.6 Å². The number of furan rings is 1. The Morgan fingerprint density at radius 1 is 1.28 bits per heavy atom. The van der Waals surface area contributed by atoms with E-state index in [1.54, 1.807) is 12.5 Å². The van der Waals surface area contributed by atoms with Crippen molar-refractivity contribution in [1.82, 2.24) is 4.98 Å². The van der Waals surface area contributed by atoms with Crippen LogP contribution in [0.15, 0.2) is 29.0 Å². The third kappa shape index (κ3) is 2.20. The molecule has 0 saturated heterocycles. The number of aromatic nitrogens is 1. The highest BCUT2D eigenvalue weighted by Gasteiger charge is 2.27. The summed E-state index contributed by atoms with van der Waals surface area (Å²) in [4.78, 5) is 4.37. The topological polar surface area (TPSA) is 64.1 Å². The van der Waals surface area contributed by atoms with Gasteiger partial charge in [0.2, 0.25) is 0 Å². The molecule has 0 unspecified atom stereocenters. The van der Waals surface area contributed by atoms with Crippen LogP contribution in [0.4, 0.5) is 5.82 Å². The van der Waals surface area contributed by atoms with Crippen LogP contribution in [-0.4, -0.2) is 17.1 Å². The molecule has 0 aromatic carbocycles. The van der Waals surface area contributed by atoms with E-state index in [4.69, 9.17) is 10.2 Å². The second-order valence-corrected chi connectivity index (χ2v) is 5.27. The van der Waals surface area contributed by atoms with Crippen LogP contribution < -0.4 is 11.1 Å². The molecule has 3 N–H and O–H groups in total. The standard InChI is InChI=1S/C14H19N3O/c15-14(6-2-1-3-7-14)10-17-13-11-5-9-18-12(11)4-8-16-13/h4-5,8-9H,1-3,6-7,10,15H2,(H,16,17). The van der Waals surface area contributed by atoms with E-state index in [1.807, 2.05) is 12.1 Å². The van der Waals surface area contributed by atoms with E-state index in [-0.39, 0.29) is 5.54 Å². The van der Waals surface area contributed by atoms with E-state index in [1.165, 1.54) is 19.3 Å². The molecule has 2 aromatic rings. The zero-order valence-electron chi connectivity index (χ0n) is 10.5. The minimum absolute atomic E-state index is 0.0775. The number of nitrogens with zero attached hydrogens (tertiary/aromatic N) is 1. The summed E-state index contributed by atoms with van der Waals surface area (Å²) in [6.07, 6.45) is 9.44. The Bertz CT molecular complexity index is 529. The van der Waals surface area contributed by atoms with Crippen molar-refractivity contribution in [3.63, 3.8) is 0 Å². The molecule has 4 nitrogen and oxygen atoms in total. The van der Waals surface area contributed by atoms with Crippen molar-refractivity contribution in [2.24, 2.45) is 5.73 Å². The molecule has 0 bridgehead atoms. The van der Waals surface area contributed by atoms with Gasteiger partial charge in [-0.25, -0.2) is 4.98 Å². The second kappa shape index (κ2) is 4.61. The minimum Gasteiger partial charge on any atom is -0.464 e. The first-order valence-corrected chi connectivity index (χ1v) is 6.62. The number of rotatable bonds is 3. The summed E-state index contributed by atoms with van der Waals surface area (Å²) in [6, 6.07) is 3.81. The summed E-state index contributed by atoms with van der Waals surface area (Å²) in [5, 5.41) is 4.41. The van der Waals surface area contributed by atoms with Gasteiger partial charge in [0.25, 0.3) is 0 Å². The van der Waals surface area contributed by atoms with Crippen LogP contribution in [-0.2, 0) is 0 Å². The zero-order valence-corrected chi connectivity index (χ0v) is 10.5. The summed E-state index contributed by atoms with van der Waals surface area (Å²) in [6.45, 7) is 0.782. The third-order valence-electron chi connectivity index (χ3n) is 3.84. The molecule has 0 aliphatic heterocycles. The van der Waals surface area contributed by atoms with Crippen LogP contribution in [0.2, 0.25) is 0 Å². The lowest BCUT2D eigenvalue weighted by Gasteiger charge is -2.33. The van der Waals surface area contributed by atoms with Crippen LogP contribution >= 0.6 is 0 Å². The molecule has 4 heteroatoms. The Labute approximate surface area is 107 Å². The molecule has 1 saturated carbocycles. The van der Waals surface area contributed by atoms with Crippen LogP contribution in [0, 0.1) is 0 Å².